The summed E-state index contributed by atoms with van der Waals surface area (Å²) in [4.78, 5) is 13.9. The van der Waals surface area contributed by atoms with Gasteiger partial charge in [0, 0.05) is 30.4 Å². The Kier molecular flexibility index (Phi) is 4.04. The molecule has 1 fully saturated rings. The Morgan fingerprint density at radius 3 is 2.95 bits per heavy atom. The number of halogens is 1. The first-order valence-electron chi connectivity index (χ1n) is 6.64. The van der Waals surface area contributed by atoms with Gasteiger partial charge in [-0.05, 0) is 25.5 Å². The maximum atomic E-state index is 14.0. The Morgan fingerprint density at radius 1 is 1.58 bits per heavy atom. The third-order valence-electron chi connectivity index (χ3n) is 3.51. The van der Waals surface area contributed by atoms with Crippen LogP contribution in [-0.4, -0.2) is 25.0 Å². The number of amides is 1. The lowest BCUT2D eigenvalue weighted by atomic mass is 10.0. The van der Waals surface area contributed by atoms with Crippen LogP contribution >= 0.6 is 0 Å². The normalized spacial score (nSPS) is 21.2. The zero-order valence-electron chi connectivity index (χ0n) is 11.3. The number of nitrogens with one attached hydrogen (secondary N) is 1. The van der Waals surface area contributed by atoms with Gasteiger partial charge in [0.05, 0.1) is 0 Å². The summed E-state index contributed by atoms with van der Waals surface area (Å²) in [5.74, 6) is -0.318. The van der Waals surface area contributed by atoms with Crippen LogP contribution < -0.4 is 16.0 Å². The van der Waals surface area contributed by atoms with Gasteiger partial charge in [-0.1, -0.05) is 13.0 Å². The molecule has 0 aromatic heterocycles. The fourth-order valence-corrected chi connectivity index (χ4v) is 2.64. The van der Waals surface area contributed by atoms with Gasteiger partial charge in [0.1, 0.15) is 11.9 Å². The van der Waals surface area contributed by atoms with E-state index in [0.717, 1.165) is 5.69 Å². The molecule has 2 rings (SSSR count). The number of hydrogen-bond donors (Lipinski definition) is 2. The van der Waals surface area contributed by atoms with Crippen molar-refractivity contribution in [1.82, 2.24) is 5.32 Å². The molecule has 1 aromatic rings. The van der Waals surface area contributed by atoms with E-state index in [0.29, 0.717) is 25.1 Å². The first-order valence-corrected chi connectivity index (χ1v) is 6.64. The molecule has 104 valence electrons. The van der Waals surface area contributed by atoms with Crippen LogP contribution in [0, 0.1) is 5.82 Å². The number of piperazine rings is 1. The molecule has 1 heterocycles. The fourth-order valence-electron chi connectivity index (χ4n) is 2.64. The van der Waals surface area contributed by atoms with Gasteiger partial charge in [-0.15, -0.1) is 0 Å². The third kappa shape index (κ3) is 2.56. The third-order valence-corrected chi connectivity index (χ3v) is 3.51. The number of carbonyl (C=O) groups is 1. The molecule has 1 unspecified atom stereocenters. The highest BCUT2D eigenvalue weighted by atomic mass is 19.1. The summed E-state index contributed by atoms with van der Waals surface area (Å²) in [5, 5.41) is 2.84. The maximum Gasteiger partial charge on any atom is 0.242 e. The zero-order valence-corrected chi connectivity index (χ0v) is 11.3. The van der Waals surface area contributed by atoms with Crippen LogP contribution in [0.3, 0.4) is 0 Å². The summed E-state index contributed by atoms with van der Waals surface area (Å²) in [7, 11) is 0. The standard InChI is InChI=1S/C14H20FN3O/c1-3-11-14(19)17-7-8-18(11)12-6-4-5-10(15)13(12)9(2)16/h4-6,9,11H,3,7-8,16H2,1-2H3,(H,17,19)/t9-,11?/m0/s1. The van der Waals surface area contributed by atoms with Crippen molar-refractivity contribution in [3.8, 4) is 0 Å². The van der Waals surface area contributed by atoms with Crippen molar-refractivity contribution in [2.75, 3.05) is 18.0 Å². The topological polar surface area (TPSA) is 58.4 Å². The molecule has 5 heteroatoms. The molecule has 0 radical (unpaired) electrons. The maximum absolute atomic E-state index is 14.0. The van der Waals surface area contributed by atoms with Crippen molar-refractivity contribution >= 4 is 11.6 Å². The molecule has 2 atom stereocenters. The second kappa shape index (κ2) is 5.57. The largest absolute Gasteiger partial charge is 0.357 e. The molecule has 1 aromatic carbocycles. The van der Waals surface area contributed by atoms with Crippen LogP contribution in [0.1, 0.15) is 31.9 Å². The van der Waals surface area contributed by atoms with Crippen LogP contribution in [-0.2, 0) is 4.79 Å². The molecule has 4 nitrogen and oxygen atoms in total. The molecular weight excluding hydrogens is 245 g/mol. The minimum absolute atomic E-state index is 0.00589. The Morgan fingerprint density at radius 2 is 2.32 bits per heavy atom. The molecule has 19 heavy (non-hydrogen) atoms. The van der Waals surface area contributed by atoms with Crippen LogP contribution in [0.2, 0.25) is 0 Å². The van der Waals surface area contributed by atoms with Crippen LogP contribution in [0.4, 0.5) is 10.1 Å². The van der Waals surface area contributed by atoms with Crippen LogP contribution in [0.15, 0.2) is 18.2 Å². The van der Waals surface area contributed by atoms with Crippen molar-refractivity contribution in [2.45, 2.75) is 32.4 Å². The van der Waals surface area contributed by atoms with Crippen molar-refractivity contribution in [1.29, 1.82) is 0 Å². The van der Waals surface area contributed by atoms with Gasteiger partial charge in [-0.2, -0.15) is 0 Å². The SMILES string of the molecule is CCC1C(=O)NCCN1c1cccc(F)c1[C@H](C)N. The Balaban J connectivity index is 2.45. The van der Waals surface area contributed by atoms with E-state index in [1.165, 1.54) is 6.07 Å². The van der Waals surface area contributed by atoms with Gasteiger partial charge in [0.25, 0.3) is 0 Å². The van der Waals surface area contributed by atoms with Crippen LogP contribution in [0.5, 0.6) is 0 Å². The number of carbonyl (C=O) groups excluding carboxylic acids is 1. The number of anilines is 1. The minimum Gasteiger partial charge on any atom is -0.357 e. The average molecular weight is 265 g/mol. The quantitative estimate of drug-likeness (QED) is 0.872. The number of nitrogens with zero attached hydrogens (tertiary/aromatic N) is 1. The van der Waals surface area contributed by atoms with E-state index in [4.69, 9.17) is 5.73 Å². The van der Waals surface area contributed by atoms with Gasteiger partial charge in [-0.3, -0.25) is 4.79 Å². The van der Waals surface area contributed by atoms with E-state index < -0.39 is 6.04 Å². The van der Waals surface area contributed by atoms with Gasteiger partial charge >= 0.3 is 0 Å². The number of benzene rings is 1. The molecule has 0 saturated carbocycles. The van der Waals surface area contributed by atoms with Gasteiger partial charge in [0.15, 0.2) is 0 Å². The molecule has 0 aliphatic carbocycles. The summed E-state index contributed by atoms with van der Waals surface area (Å²) < 4.78 is 14.0. The summed E-state index contributed by atoms with van der Waals surface area (Å²) >= 11 is 0. The second-order valence-corrected chi connectivity index (χ2v) is 4.87. The Hall–Kier alpha value is -1.62. The van der Waals surface area contributed by atoms with Crippen molar-refractivity contribution < 1.29 is 9.18 Å². The molecule has 1 aliphatic rings. The van der Waals surface area contributed by atoms with Crippen molar-refractivity contribution in [3.63, 3.8) is 0 Å². The number of nitrogens with two attached hydrogens (primary N) is 1. The van der Waals surface area contributed by atoms with Crippen molar-refractivity contribution in [2.24, 2.45) is 5.73 Å². The predicted octanol–water partition coefficient (Wildman–Crippen LogP) is 1.56. The molecule has 1 saturated heterocycles. The Bertz CT molecular complexity index is 476. The number of hydrogen-bond acceptors (Lipinski definition) is 3. The van der Waals surface area contributed by atoms with E-state index in [9.17, 15) is 9.18 Å². The second-order valence-electron chi connectivity index (χ2n) is 4.87. The lowest BCUT2D eigenvalue weighted by molar-refractivity contribution is -0.123. The highest BCUT2D eigenvalue weighted by Crippen LogP contribution is 2.30. The Labute approximate surface area is 112 Å². The predicted molar refractivity (Wildman–Crippen MR) is 73.4 cm³/mol. The minimum atomic E-state index is -0.404. The van der Waals surface area contributed by atoms with Crippen LogP contribution in [0.25, 0.3) is 0 Å². The summed E-state index contributed by atoms with van der Waals surface area (Å²) in [6.45, 7) is 4.96. The highest BCUT2D eigenvalue weighted by molar-refractivity contribution is 5.86. The smallest absolute Gasteiger partial charge is 0.242 e. The zero-order chi connectivity index (χ0) is 14.0. The van der Waals surface area contributed by atoms with E-state index >= 15 is 0 Å². The molecule has 3 N–H and O–H groups in total. The molecular formula is C14H20FN3O. The summed E-state index contributed by atoms with van der Waals surface area (Å²) in [5.41, 5.74) is 7.09. The van der Waals surface area contributed by atoms with Gasteiger partial charge in [-0.25, -0.2) is 4.39 Å². The first-order chi connectivity index (χ1) is 9.06. The van der Waals surface area contributed by atoms with E-state index in [-0.39, 0.29) is 17.8 Å². The monoisotopic (exact) mass is 265 g/mol. The fraction of sp³-hybridized carbons (Fsp3) is 0.500. The molecule has 1 aliphatic heterocycles. The first kappa shape index (κ1) is 13.8. The lowest BCUT2D eigenvalue weighted by Gasteiger charge is -2.38. The molecule has 0 spiro atoms. The highest BCUT2D eigenvalue weighted by Gasteiger charge is 2.30. The van der Waals surface area contributed by atoms with Gasteiger partial charge in [0.2, 0.25) is 5.91 Å². The summed E-state index contributed by atoms with van der Waals surface area (Å²) in [6.07, 6.45) is 0.681. The number of rotatable bonds is 3. The lowest BCUT2D eigenvalue weighted by Crippen LogP contribution is -2.55. The molecule has 1 amide bonds. The summed E-state index contributed by atoms with van der Waals surface area (Å²) in [6, 6.07) is 4.25. The van der Waals surface area contributed by atoms with Gasteiger partial charge < -0.3 is 16.0 Å². The van der Waals surface area contributed by atoms with E-state index in [2.05, 4.69) is 5.32 Å². The van der Waals surface area contributed by atoms with E-state index in [1.807, 2.05) is 17.9 Å². The van der Waals surface area contributed by atoms with Crippen molar-refractivity contribution in [3.05, 3.63) is 29.6 Å². The molecule has 0 bridgehead atoms. The average Bonchev–Trinajstić information content (AvgIpc) is 2.37. The van der Waals surface area contributed by atoms with E-state index in [1.54, 1.807) is 13.0 Å².